The van der Waals surface area contributed by atoms with Crippen molar-refractivity contribution in [3.8, 4) is 0 Å². The van der Waals surface area contributed by atoms with Gasteiger partial charge < -0.3 is 0 Å². The molecule has 0 fully saturated rings. The van der Waals surface area contributed by atoms with Crippen LogP contribution in [-0.4, -0.2) is 0 Å². The number of alkyl halides is 1. The molecular weight excluding hydrogens is 373 g/mol. The smallest absolute Gasteiger partial charge is 0.141 e. The highest BCUT2D eigenvalue weighted by Crippen LogP contribution is 2.31. The van der Waals surface area contributed by atoms with Crippen LogP contribution in [0.4, 0.5) is 4.39 Å². The van der Waals surface area contributed by atoms with Crippen LogP contribution in [0.5, 0.6) is 0 Å². The van der Waals surface area contributed by atoms with Crippen molar-refractivity contribution in [3.63, 3.8) is 0 Å². The fourth-order valence-corrected chi connectivity index (χ4v) is 2.87. The van der Waals surface area contributed by atoms with Crippen molar-refractivity contribution in [1.82, 2.24) is 0 Å². The molecule has 0 aromatic heterocycles. The molecule has 1 atom stereocenters. The fraction of sp³-hybridized carbons (Fsp3) is 0.143. The predicted octanol–water partition coefficient (Wildman–Crippen LogP) is 6.46. The molecule has 0 aliphatic rings. The van der Waals surface area contributed by atoms with E-state index in [0.29, 0.717) is 16.5 Å². The van der Waals surface area contributed by atoms with Crippen molar-refractivity contribution < 1.29 is 4.39 Å². The van der Waals surface area contributed by atoms with Crippen LogP contribution in [0.3, 0.4) is 0 Å². The van der Waals surface area contributed by atoms with E-state index in [1.165, 1.54) is 6.07 Å². The Kier molecular flexibility index (Phi) is 5.13. The van der Waals surface area contributed by atoms with E-state index in [-0.39, 0.29) is 9.85 Å². The van der Waals surface area contributed by atoms with Crippen LogP contribution in [0.1, 0.15) is 16.0 Å². The molecule has 0 amide bonds. The number of rotatable bonds is 3. The monoisotopic (exact) mass is 380 g/mol. The largest absolute Gasteiger partial charge is 0.205 e. The molecular formula is C14H9BrCl3F. The maximum atomic E-state index is 13.1. The zero-order chi connectivity index (χ0) is 14.0. The minimum absolute atomic E-state index is 0.0304. The quantitative estimate of drug-likeness (QED) is 0.534. The zero-order valence-corrected chi connectivity index (χ0v) is 13.5. The lowest BCUT2D eigenvalue weighted by molar-refractivity contribution is 0.627. The second kappa shape index (κ2) is 6.45. The highest BCUT2D eigenvalue weighted by molar-refractivity contribution is 9.09. The average Bonchev–Trinajstić information content (AvgIpc) is 2.37. The minimum Gasteiger partial charge on any atom is -0.205 e. The Morgan fingerprint density at radius 2 is 1.68 bits per heavy atom. The average molecular weight is 382 g/mol. The molecule has 0 saturated heterocycles. The van der Waals surface area contributed by atoms with E-state index < -0.39 is 5.82 Å². The van der Waals surface area contributed by atoms with Gasteiger partial charge in [-0.3, -0.25) is 0 Å². The number of hydrogen-bond donors (Lipinski definition) is 0. The van der Waals surface area contributed by atoms with Crippen molar-refractivity contribution in [3.05, 3.63) is 68.4 Å². The van der Waals surface area contributed by atoms with Gasteiger partial charge in [-0.05, 0) is 41.8 Å². The Hall–Kier alpha value is -0.280. The summed E-state index contributed by atoms with van der Waals surface area (Å²) in [4.78, 5) is 0.0304. The Morgan fingerprint density at radius 3 is 2.32 bits per heavy atom. The lowest BCUT2D eigenvalue weighted by atomic mass is 10.0. The van der Waals surface area contributed by atoms with E-state index in [1.807, 2.05) is 12.1 Å². The standard InChI is InChI=1S/C14H9BrCl3F/c15-10(9-2-4-14(19)13(18)7-9)5-8-1-3-11(16)12(17)6-8/h1-4,6-7,10H,5H2. The first kappa shape index (κ1) is 15.1. The molecule has 5 heteroatoms. The Morgan fingerprint density at radius 1 is 0.947 bits per heavy atom. The summed E-state index contributed by atoms with van der Waals surface area (Å²) in [6.45, 7) is 0. The molecule has 0 nitrogen and oxygen atoms in total. The molecule has 0 spiro atoms. The summed E-state index contributed by atoms with van der Waals surface area (Å²) >= 11 is 21.2. The van der Waals surface area contributed by atoms with Gasteiger partial charge in [-0.25, -0.2) is 4.39 Å². The summed E-state index contributed by atoms with van der Waals surface area (Å²) in [5.41, 5.74) is 1.95. The third-order valence-corrected chi connectivity index (χ3v) is 4.59. The van der Waals surface area contributed by atoms with Crippen LogP contribution in [0.15, 0.2) is 36.4 Å². The van der Waals surface area contributed by atoms with E-state index in [9.17, 15) is 4.39 Å². The number of hydrogen-bond acceptors (Lipinski definition) is 0. The van der Waals surface area contributed by atoms with Gasteiger partial charge >= 0.3 is 0 Å². The number of benzene rings is 2. The molecule has 2 aromatic carbocycles. The van der Waals surface area contributed by atoms with Crippen molar-refractivity contribution in [2.75, 3.05) is 0 Å². The van der Waals surface area contributed by atoms with Crippen molar-refractivity contribution in [1.29, 1.82) is 0 Å². The Bertz CT molecular complexity index is 601. The Balaban J connectivity index is 2.17. The van der Waals surface area contributed by atoms with Crippen LogP contribution in [0.25, 0.3) is 0 Å². The number of halogens is 5. The molecule has 0 bridgehead atoms. The maximum absolute atomic E-state index is 13.1. The lowest BCUT2D eigenvalue weighted by Gasteiger charge is -2.11. The molecule has 0 saturated carbocycles. The molecule has 19 heavy (non-hydrogen) atoms. The van der Waals surface area contributed by atoms with Gasteiger partial charge in [0, 0.05) is 4.83 Å². The van der Waals surface area contributed by atoms with Gasteiger partial charge in [-0.15, -0.1) is 0 Å². The molecule has 2 rings (SSSR count). The van der Waals surface area contributed by atoms with Gasteiger partial charge in [0.1, 0.15) is 5.82 Å². The zero-order valence-electron chi connectivity index (χ0n) is 9.64. The lowest BCUT2D eigenvalue weighted by Crippen LogP contribution is -1.96. The topological polar surface area (TPSA) is 0 Å². The van der Waals surface area contributed by atoms with Gasteiger partial charge in [0.15, 0.2) is 0 Å². The fourth-order valence-electron chi connectivity index (χ4n) is 1.70. The van der Waals surface area contributed by atoms with Gasteiger partial charge in [0.25, 0.3) is 0 Å². The Labute approximate surface area is 134 Å². The van der Waals surface area contributed by atoms with Crippen molar-refractivity contribution >= 4 is 50.7 Å². The first-order chi connectivity index (χ1) is 8.97. The van der Waals surface area contributed by atoms with E-state index in [4.69, 9.17) is 34.8 Å². The third-order valence-electron chi connectivity index (χ3n) is 2.70. The maximum Gasteiger partial charge on any atom is 0.141 e. The van der Waals surface area contributed by atoms with E-state index in [1.54, 1.807) is 18.2 Å². The van der Waals surface area contributed by atoms with Gasteiger partial charge in [-0.1, -0.05) is 62.9 Å². The molecule has 2 aromatic rings. The van der Waals surface area contributed by atoms with Crippen molar-refractivity contribution in [2.45, 2.75) is 11.2 Å². The van der Waals surface area contributed by atoms with Gasteiger partial charge in [0.05, 0.1) is 15.1 Å². The first-order valence-corrected chi connectivity index (χ1v) is 7.55. The van der Waals surface area contributed by atoms with Crippen LogP contribution in [-0.2, 0) is 6.42 Å². The minimum atomic E-state index is -0.417. The summed E-state index contributed by atoms with van der Waals surface area (Å²) in [5.74, 6) is -0.417. The molecule has 0 aliphatic carbocycles. The highest BCUT2D eigenvalue weighted by atomic mass is 79.9. The van der Waals surface area contributed by atoms with Crippen LogP contribution in [0, 0.1) is 5.82 Å². The van der Waals surface area contributed by atoms with Gasteiger partial charge in [-0.2, -0.15) is 0 Å². The van der Waals surface area contributed by atoms with Crippen LogP contribution in [0.2, 0.25) is 15.1 Å². The van der Waals surface area contributed by atoms with Gasteiger partial charge in [0.2, 0.25) is 0 Å². The highest BCUT2D eigenvalue weighted by Gasteiger charge is 2.11. The summed E-state index contributed by atoms with van der Waals surface area (Å²) < 4.78 is 13.1. The molecule has 0 N–H and O–H groups in total. The first-order valence-electron chi connectivity index (χ1n) is 5.50. The molecule has 0 radical (unpaired) electrons. The van der Waals surface area contributed by atoms with E-state index in [0.717, 1.165) is 11.1 Å². The van der Waals surface area contributed by atoms with E-state index in [2.05, 4.69) is 15.9 Å². The van der Waals surface area contributed by atoms with Crippen molar-refractivity contribution in [2.24, 2.45) is 0 Å². The molecule has 0 aliphatic heterocycles. The SMILES string of the molecule is Fc1ccc(C(Br)Cc2ccc(Cl)c(Cl)c2)cc1Cl. The summed E-state index contributed by atoms with van der Waals surface area (Å²) in [5, 5.41) is 1.17. The van der Waals surface area contributed by atoms with Crippen LogP contribution >= 0.6 is 50.7 Å². The second-order valence-corrected chi connectivity index (χ2v) is 6.42. The third kappa shape index (κ3) is 3.85. The molecule has 1 unspecified atom stereocenters. The summed E-state index contributed by atoms with van der Waals surface area (Å²) in [6, 6.07) is 10.2. The predicted molar refractivity (Wildman–Crippen MR) is 83.2 cm³/mol. The molecule has 0 heterocycles. The molecule has 100 valence electrons. The van der Waals surface area contributed by atoms with Crippen LogP contribution < -0.4 is 0 Å². The normalized spacial score (nSPS) is 12.5. The van der Waals surface area contributed by atoms with E-state index >= 15 is 0 Å². The summed E-state index contributed by atoms with van der Waals surface area (Å²) in [6.07, 6.45) is 0.707. The summed E-state index contributed by atoms with van der Waals surface area (Å²) in [7, 11) is 0. The second-order valence-electron chi connectivity index (χ2n) is 4.09.